The molecule has 0 aliphatic heterocycles. The van der Waals surface area contributed by atoms with Crippen LogP contribution in [0.1, 0.15) is 33.5 Å². The van der Waals surface area contributed by atoms with Gasteiger partial charge in [-0.15, -0.1) is 0 Å². The van der Waals surface area contributed by atoms with Crippen LogP contribution in [0.25, 0.3) is 0 Å². The second-order valence-corrected chi connectivity index (χ2v) is 3.12. The molecule has 0 aromatic rings. The summed E-state index contributed by atoms with van der Waals surface area (Å²) >= 11 is 0. The van der Waals surface area contributed by atoms with Crippen LogP contribution in [0.15, 0.2) is 0 Å². The molecule has 2 fully saturated rings. The predicted octanol–water partition coefficient (Wildman–Crippen LogP) is -0.687. The molecule has 0 N–H and O–H groups in total. The van der Waals surface area contributed by atoms with Crippen LogP contribution in [0.5, 0.6) is 0 Å². The maximum Gasteiger partial charge on any atom is 1.00 e. The molecule has 0 radical (unpaired) electrons. The molecule has 0 unspecified atom stereocenters. The van der Waals surface area contributed by atoms with Gasteiger partial charge < -0.3 is 1.43 Å². The van der Waals surface area contributed by atoms with Gasteiger partial charge in [-0.3, -0.25) is 0 Å². The van der Waals surface area contributed by atoms with Gasteiger partial charge in [0.2, 0.25) is 0 Å². The summed E-state index contributed by atoms with van der Waals surface area (Å²) in [6.07, 6.45) is 7.82. The molecule has 0 saturated heterocycles. The minimum atomic E-state index is 0. The van der Waals surface area contributed by atoms with Crippen LogP contribution < -0.4 is 18.9 Å². The van der Waals surface area contributed by atoms with Crippen LogP contribution >= 0.6 is 0 Å². The molecule has 42 valence electrons. The van der Waals surface area contributed by atoms with Gasteiger partial charge in [0.05, 0.1) is 0 Å². The summed E-state index contributed by atoms with van der Waals surface area (Å²) in [4.78, 5) is 0. The molecule has 1 heteroatoms. The van der Waals surface area contributed by atoms with Crippen molar-refractivity contribution in [2.75, 3.05) is 0 Å². The topological polar surface area (TPSA) is 0 Å². The standard InChI is InChI=1S/C7H12.Li.H/c1-2-7-4-3-6(1)5-7;;/h6-7H,1-5H2;;/q;+1;-1. The molecule has 0 amide bonds. The predicted molar refractivity (Wildman–Crippen MR) is 31.2 cm³/mol. The van der Waals surface area contributed by atoms with Gasteiger partial charge in [0.25, 0.3) is 0 Å². The third-order valence-corrected chi connectivity index (χ3v) is 2.63. The first kappa shape index (κ1) is 6.71. The van der Waals surface area contributed by atoms with E-state index in [1.165, 1.54) is 11.8 Å². The van der Waals surface area contributed by atoms with Crippen molar-refractivity contribution < 1.29 is 20.3 Å². The van der Waals surface area contributed by atoms with Crippen molar-refractivity contribution in [3.05, 3.63) is 0 Å². The minimum absolute atomic E-state index is 0. The zero-order valence-electron chi connectivity index (χ0n) is 6.69. The number of hydrogen-bond donors (Lipinski definition) is 0. The smallest absolute Gasteiger partial charge is 1.00 e. The largest absolute Gasteiger partial charge is 1.00 e. The van der Waals surface area contributed by atoms with E-state index in [0.29, 0.717) is 0 Å². The first-order valence-electron chi connectivity index (χ1n) is 3.45. The summed E-state index contributed by atoms with van der Waals surface area (Å²) < 4.78 is 0. The van der Waals surface area contributed by atoms with Crippen molar-refractivity contribution in [1.82, 2.24) is 0 Å². The fourth-order valence-electron chi connectivity index (χ4n) is 2.17. The van der Waals surface area contributed by atoms with E-state index in [0.717, 1.165) is 0 Å². The zero-order chi connectivity index (χ0) is 4.69. The molecule has 0 aromatic carbocycles. The van der Waals surface area contributed by atoms with Gasteiger partial charge in [-0.2, -0.15) is 0 Å². The van der Waals surface area contributed by atoms with Gasteiger partial charge in [0.15, 0.2) is 0 Å². The van der Waals surface area contributed by atoms with E-state index >= 15 is 0 Å². The Hall–Kier alpha value is 0.597. The molecular formula is C7H13Li. The van der Waals surface area contributed by atoms with E-state index in [9.17, 15) is 0 Å². The summed E-state index contributed by atoms with van der Waals surface area (Å²) in [6, 6.07) is 0. The van der Waals surface area contributed by atoms with Gasteiger partial charge in [-0.05, 0) is 18.3 Å². The maximum atomic E-state index is 1.58. The Labute approximate surface area is 64.7 Å². The fraction of sp³-hybridized carbons (Fsp3) is 1.00. The van der Waals surface area contributed by atoms with Crippen LogP contribution in [-0.2, 0) is 0 Å². The first-order chi connectivity index (χ1) is 3.45. The zero-order valence-corrected chi connectivity index (χ0v) is 5.69. The SMILES string of the molecule is C1CC2CCC1C2.[H-].[Li+]. The van der Waals surface area contributed by atoms with E-state index < -0.39 is 0 Å². The van der Waals surface area contributed by atoms with Crippen molar-refractivity contribution in [1.29, 1.82) is 0 Å². The maximum absolute atomic E-state index is 1.58. The minimum Gasteiger partial charge on any atom is -1.00 e. The molecule has 0 heterocycles. The number of hydrogen-bond acceptors (Lipinski definition) is 0. The summed E-state index contributed by atoms with van der Waals surface area (Å²) in [6.45, 7) is 0. The molecule has 8 heavy (non-hydrogen) atoms. The Morgan fingerprint density at radius 1 is 0.875 bits per heavy atom. The van der Waals surface area contributed by atoms with E-state index in [-0.39, 0.29) is 20.3 Å². The molecule has 2 aliphatic rings. The monoisotopic (exact) mass is 104 g/mol. The van der Waals surface area contributed by atoms with Crippen LogP contribution in [0.4, 0.5) is 0 Å². The fourth-order valence-corrected chi connectivity index (χ4v) is 2.17. The van der Waals surface area contributed by atoms with Crippen molar-refractivity contribution in [2.24, 2.45) is 11.8 Å². The summed E-state index contributed by atoms with van der Waals surface area (Å²) in [5, 5.41) is 0. The Balaban J connectivity index is 0.000000320. The third kappa shape index (κ3) is 0.970. The average molecular weight is 104 g/mol. The van der Waals surface area contributed by atoms with Crippen molar-refractivity contribution in [3.8, 4) is 0 Å². The Kier molecular flexibility index (Phi) is 2.06. The third-order valence-electron chi connectivity index (χ3n) is 2.63. The molecule has 0 nitrogen and oxygen atoms in total. The molecule has 2 saturated carbocycles. The van der Waals surface area contributed by atoms with Gasteiger partial charge >= 0.3 is 18.9 Å². The first-order valence-corrected chi connectivity index (χ1v) is 3.45. The molecular weight excluding hydrogens is 91.0 g/mol. The van der Waals surface area contributed by atoms with Crippen molar-refractivity contribution in [3.63, 3.8) is 0 Å². The van der Waals surface area contributed by atoms with Gasteiger partial charge in [0, 0.05) is 0 Å². The Morgan fingerprint density at radius 2 is 1.25 bits per heavy atom. The summed E-state index contributed by atoms with van der Waals surface area (Å²) in [5.74, 6) is 2.34. The molecule has 2 rings (SSSR count). The summed E-state index contributed by atoms with van der Waals surface area (Å²) in [5.41, 5.74) is 0. The summed E-state index contributed by atoms with van der Waals surface area (Å²) in [7, 11) is 0. The van der Waals surface area contributed by atoms with Crippen LogP contribution in [0.3, 0.4) is 0 Å². The molecule has 0 spiro atoms. The number of rotatable bonds is 0. The van der Waals surface area contributed by atoms with Gasteiger partial charge in [-0.1, -0.05) is 25.7 Å². The molecule has 0 aromatic heterocycles. The Bertz CT molecular complexity index is 67.0. The second kappa shape index (κ2) is 2.46. The van der Waals surface area contributed by atoms with E-state index in [4.69, 9.17) is 0 Å². The Morgan fingerprint density at radius 3 is 1.38 bits per heavy atom. The van der Waals surface area contributed by atoms with Crippen LogP contribution in [0, 0.1) is 11.8 Å². The molecule has 0 atom stereocenters. The van der Waals surface area contributed by atoms with Crippen LogP contribution in [0.2, 0.25) is 0 Å². The quantitative estimate of drug-likeness (QED) is 0.357. The average Bonchev–Trinajstić information content (AvgIpc) is 2.22. The van der Waals surface area contributed by atoms with E-state index in [2.05, 4.69) is 0 Å². The van der Waals surface area contributed by atoms with Gasteiger partial charge in [-0.25, -0.2) is 0 Å². The molecule has 2 aliphatic carbocycles. The van der Waals surface area contributed by atoms with E-state index in [1.54, 1.807) is 32.1 Å². The van der Waals surface area contributed by atoms with Crippen molar-refractivity contribution >= 4 is 0 Å². The molecule has 2 bridgehead atoms. The second-order valence-electron chi connectivity index (χ2n) is 3.12. The van der Waals surface area contributed by atoms with Crippen molar-refractivity contribution in [2.45, 2.75) is 32.1 Å². The van der Waals surface area contributed by atoms with Gasteiger partial charge in [0.1, 0.15) is 0 Å². The normalized spacial score (nSPS) is 42.0. The van der Waals surface area contributed by atoms with Crippen LogP contribution in [-0.4, -0.2) is 0 Å². The van der Waals surface area contributed by atoms with E-state index in [1.807, 2.05) is 0 Å². The number of fused-ring (bicyclic) bond motifs is 2.